The topological polar surface area (TPSA) is 75.3 Å². The summed E-state index contributed by atoms with van der Waals surface area (Å²) < 4.78 is 38.4. The summed E-state index contributed by atoms with van der Waals surface area (Å²) in [5.74, 6) is -0.949. The SMILES string of the molecule is CNS(=O)(=O)c1ccc(NC(=O)/C=C/c2ccc(F)c(Cl)c2)cc1. The number of hydrogen-bond acceptors (Lipinski definition) is 3. The van der Waals surface area contributed by atoms with Crippen LogP contribution >= 0.6 is 11.6 Å². The lowest BCUT2D eigenvalue weighted by molar-refractivity contribution is -0.111. The van der Waals surface area contributed by atoms with Crippen molar-refractivity contribution < 1.29 is 17.6 Å². The van der Waals surface area contributed by atoms with Gasteiger partial charge in [-0.15, -0.1) is 0 Å². The lowest BCUT2D eigenvalue weighted by Gasteiger charge is -2.05. The Hall–Kier alpha value is -2.22. The van der Waals surface area contributed by atoms with Crippen LogP contribution in [0.1, 0.15) is 5.56 Å². The van der Waals surface area contributed by atoms with Gasteiger partial charge >= 0.3 is 0 Å². The number of benzene rings is 2. The highest BCUT2D eigenvalue weighted by molar-refractivity contribution is 7.89. The Labute approximate surface area is 144 Å². The minimum Gasteiger partial charge on any atom is -0.323 e. The third-order valence-corrected chi connectivity index (χ3v) is 4.79. The second-order valence-electron chi connectivity index (χ2n) is 4.73. The van der Waals surface area contributed by atoms with Crippen molar-refractivity contribution in [2.45, 2.75) is 4.90 Å². The predicted octanol–water partition coefficient (Wildman–Crippen LogP) is 3.04. The fourth-order valence-electron chi connectivity index (χ4n) is 1.81. The Bertz CT molecular complexity index is 881. The maximum Gasteiger partial charge on any atom is 0.248 e. The van der Waals surface area contributed by atoms with Crippen molar-refractivity contribution in [3.8, 4) is 0 Å². The Balaban J connectivity index is 2.04. The molecule has 0 unspecified atom stereocenters. The summed E-state index contributed by atoms with van der Waals surface area (Å²) in [6.07, 6.45) is 2.75. The van der Waals surface area contributed by atoms with Gasteiger partial charge in [0, 0.05) is 11.8 Å². The summed E-state index contributed by atoms with van der Waals surface area (Å²) in [5, 5.41) is 2.56. The van der Waals surface area contributed by atoms with Crippen molar-refractivity contribution in [3.05, 3.63) is 64.9 Å². The molecular weight excluding hydrogens is 355 g/mol. The summed E-state index contributed by atoms with van der Waals surface area (Å²) in [6, 6.07) is 9.81. The second kappa shape index (κ2) is 7.57. The summed E-state index contributed by atoms with van der Waals surface area (Å²) in [5.41, 5.74) is 1.02. The van der Waals surface area contributed by atoms with Crippen LogP contribution in [0.3, 0.4) is 0 Å². The molecule has 0 aromatic heterocycles. The van der Waals surface area contributed by atoms with Gasteiger partial charge in [-0.05, 0) is 55.1 Å². The van der Waals surface area contributed by atoms with Crippen LogP contribution in [-0.2, 0) is 14.8 Å². The number of rotatable bonds is 5. The lowest BCUT2D eigenvalue weighted by Crippen LogP contribution is -2.18. The Morgan fingerprint density at radius 2 is 1.83 bits per heavy atom. The number of halogens is 2. The zero-order chi connectivity index (χ0) is 17.7. The van der Waals surface area contributed by atoms with Gasteiger partial charge in [-0.1, -0.05) is 17.7 Å². The van der Waals surface area contributed by atoms with Crippen molar-refractivity contribution in [2.75, 3.05) is 12.4 Å². The van der Waals surface area contributed by atoms with Gasteiger partial charge < -0.3 is 5.32 Å². The fourth-order valence-corrected chi connectivity index (χ4v) is 2.73. The van der Waals surface area contributed by atoms with E-state index < -0.39 is 21.7 Å². The average molecular weight is 369 g/mol. The first kappa shape index (κ1) is 18.1. The highest BCUT2D eigenvalue weighted by Gasteiger charge is 2.10. The number of nitrogens with one attached hydrogen (secondary N) is 2. The van der Waals surface area contributed by atoms with Gasteiger partial charge in [-0.3, -0.25) is 4.79 Å². The number of sulfonamides is 1. The van der Waals surface area contributed by atoms with Crippen molar-refractivity contribution in [3.63, 3.8) is 0 Å². The van der Waals surface area contributed by atoms with Crippen LogP contribution < -0.4 is 10.0 Å². The molecule has 1 amide bonds. The molecule has 0 aliphatic heterocycles. The van der Waals surface area contributed by atoms with Crippen LogP contribution in [0.4, 0.5) is 10.1 Å². The largest absolute Gasteiger partial charge is 0.323 e. The quantitative estimate of drug-likeness (QED) is 0.796. The van der Waals surface area contributed by atoms with E-state index in [1.54, 1.807) is 0 Å². The maximum absolute atomic E-state index is 13.0. The molecule has 0 fully saturated rings. The lowest BCUT2D eigenvalue weighted by atomic mass is 10.2. The van der Waals surface area contributed by atoms with Gasteiger partial charge in [0.1, 0.15) is 5.82 Å². The van der Waals surface area contributed by atoms with Gasteiger partial charge in [0.15, 0.2) is 0 Å². The molecule has 0 heterocycles. The van der Waals surface area contributed by atoms with Crippen LogP contribution in [0.2, 0.25) is 5.02 Å². The highest BCUT2D eigenvalue weighted by Crippen LogP contribution is 2.17. The molecule has 24 heavy (non-hydrogen) atoms. The molecule has 0 bridgehead atoms. The minimum absolute atomic E-state index is 0.0288. The third kappa shape index (κ3) is 4.64. The summed E-state index contributed by atoms with van der Waals surface area (Å²) in [6.45, 7) is 0. The van der Waals surface area contributed by atoms with Gasteiger partial charge in [0.2, 0.25) is 15.9 Å². The summed E-state index contributed by atoms with van der Waals surface area (Å²) >= 11 is 5.66. The Morgan fingerprint density at radius 3 is 2.42 bits per heavy atom. The minimum atomic E-state index is -3.52. The predicted molar refractivity (Wildman–Crippen MR) is 91.8 cm³/mol. The molecule has 0 saturated carbocycles. The molecule has 0 aliphatic carbocycles. The van der Waals surface area contributed by atoms with E-state index in [0.717, 1.165) is 0 Å². The maximum atomic E-state index is 13.0. The molecule has 0 spiro atoms. The smallest absolute Gasteiger partial charge is 0.248 e. The van der Waals surface area contributed by atoms with E-state index in [0.29, 0.717) is 11.3 Å². The Morgan fingerprint density at radius 1 is 1.17 bits per heavy atom. The number of carbonyl (C=O) groups is 1. The zero-order valence-electron chi connectivity index (χ0n) is 12.6. The van der Waals surface area contributed by atoms with Crippen molar-refractivity contribution >= 4 is 39.3 Å². The fraction of sp³-hybridized carbons (Fsp3) is 0.0625. The number of carbonyl (C=O) groups excluding carboxylic acids is 1. The summed E-state index contributed by atoms with van der Waals surface area (Å²) in [4.78, 5) is 11.9. The van der Waals surface area contributed by atoms with Crippen molar-refractivity contribution in [1.82, 2.24) is 4.72 Å². The first-order valence-electron chi connectivity index (χ1n) is 6.79. The molecule has 2 rings (SSSR count). The van der Waals surface area contributed by atoms with Gasteiger partial charge in [0.25, 0.3) is 0 Å². The van der Waals surface area contributed by atoms with Crippen LogP contribution in [0.15, 0.2) is 53.4 Å². The van der Waals surface area contributed by atoms with Crippen LogP contribution in [-0.4, -0.2) is 21.4 Å². The van der Waals surface area contributed by atoms with Crippen LogP contribution in [0.25, 0.3) is 6.08 Å². The standard InChI is InChI=1S/C16H14ClFN2O3S/c1-19-24(22,23)13-6-4-12(5-7-13)20-16(21)9-3-11-2-8-15(18)14(17)10-11/h2-10,19H,1H3,(H,20,21)/b9-3+. The second-order valence-corrected chi connectivity index (χ2v) is 7.02. The molecule has 5 nitrogen and oxygen atoms in total. The molecule has 2 N–H and O–H groups in total. The monoisotopic (exact) mass is 368 g/mol. The normalized spacial score (nSPS) is 11.6. The highest BCUT2D eigenvalue weighted by atomic mass is 35.5. The van der Waals surface area contributed by atoms with E-state index in [4.69, 9.17) is 11.6 Å². The van der Waals surface area contributed by atoms with E-state index in [-0.39, 0.29) is 9.92 Å². The zero-order valence-corrected chi connectivity index (χ0v) is 14.2. The molecule has 0 saturated heterocycles. The molecule has 0 aliphatic rings. The van der Waals surface area contributed by atoms with Crippen molar-refractivity contribution in [2.24, 2.45) is 0 Å². The van der Waals surface area contributed by atoms with E-state index in [9.17, 15) is 17.6 Å². The third-order valence-electron chi connectivity index (χ3n) is 3.07. The van der Waals surface area contributed by atoms with Crippen LogP contribution in [0.5, 0.6) is 0 Å². The van der Waals surface area contributed by atoms with E-state index in [1.165, 1.54) is 61.7 Å². The number of amides is 1. The first-order chi connectivity index (χ1) is 11.3. The molecule has 0 radical (unpaired) electrons. The summed E-state index contributed by atoms with van der Waals surface area (Å²) in [7, 11) is -2.20. The average Bonchev–Trinajstić information content (AvgIpc) is 2.56. The Kier molecular flexibility index (Phi) is 5.71. The van der Waals surface area contributed by atoms with Gasteiger partial charge in [-0.2, -0.15) is 0 Å². The molecule has 0 atom stereocenters. The van der Waals surface area contributed by atoms with Gasteiger partial charge in [-0.25, -0.2) is 17.5 Å². The number of hydrogen-bond donors (Lipinski definition) is 2. The molecule has 8 heteroatoms. The molecule has 126 valence electrons. The van der Waals surface area contributed by atoms with Crippen LogP contribution in [0, 0.1) is 5.82 Å². The number of anilines is 1. The van der Waals surface area contributed by atoms with E-state index >= 15 is 0 Å². The van der Waals surface area contributed by atoms with Crippen molar-refractivity contribution in [1.29, 1.82) is 0 Å². The van der Waals surface area contributed by atoms with Gasteiger partial charge in [0.05, 0.1) is 9.92 Å². The van der Waals surface area contributed by atoms with E-state index in [1.807, 2.05) is 0 Å². The molecule has 2 aromatic rings. The molecular formula is C16H14ClFN2O3S. The molecule has 2 aromatic carbocycles. The first-order valence-corrected chi connectivity index (χ1v) is 8.65. The van der Waals surface area contributed by atoms with E-state index in [2.05, 4.69) is 10.0 Å².